The Labute approximate surface area is 186 Å². The molecular formula is C21H18ClN5O3S. The van der Waals surface area contributed by atoms with Gasteiger partial charge >= 0.3 is 5.69 Å². The smallest absolute Gasteiger partial charge is 0.325 e. The highest BCUT2D eigenvalue weighted by Crippen LogP contribution is 2.29. The summed E-state index contributed by atoms with van der Waals surface area (Å²) in [5, 5.41) is 10.0. The quantitative estimate of drug-likeness (QED) is 0.414. The van der Waals surface area contributed by atoms with Gasteiger partial charge in [0.15, 0.2) is 5.16 Å². The number of H-pyrrole nitrogens is 2. The van der Waals surface area contributed by atoms with E-state index in [2.05, 4.69) is 20.2 Å². The van der Waals surface area contributed by atoms with E-state index in [1.54, 1.807) is 7.11 Å². The van der Waals surface area contributed by atoms with E-state index in [1.165, 1.54) is 17.8 Å². The van der Waals surface area contributed by atoms with Crippen LogP contribution >= 0.6 is 23.4 Å². The third-order valence-corrected chi connectivity index (χ3v) is 5.84. The topological polar surface area (TPSA) is 106 Å². The minimum absolute atomic E-state index is 0.218. The van der Waals surface area contributed by atoms with Gasteiger partial charge in [-0.15, -0.1) is 10.2 Å². The number of aromatic amines is 2. The van der Waals surface area contributed by atoms with Crippen molar-refractivity contribution in [2.45, 2.75) is 17.3 Å². The van der Waals surface area contributed by atoms with Crippen LogP contribution in [0.4, 0.5) is 0 Å². The molecule has 2 aromatic heterocycles. The third kappa shape index (κ3) is 4.89. The number of rotatable bonds is 7. The van der Waals surface area contributed by atoms with Gasteiger partial charge in [-0.1, -0.05) is 47.6 Å². The van der Waals surface area contributed by atoms with Gasteiger partial charge in [0.2, 0.25) is 0 Å². The van der Waals surface area contributed by atoms with Gasteiger partial charge in [-0.3, -0.25) is 14.3 Å². The Bertz CT molecular complexity index is 1300. The van der Waals surface area contributed by atoms with Crippen molar-refractivity contribution in [3.05, 3.63) is 97.5 Å². The van der Waals surface area contributed by atoms with Crippen LogP contribution in [0, 0.1) is 0 Å². The Morgan fingerprint density at radius 3 is 2.68 bits per heavy atom. The van der Waals surface area contributed by atoms with E-state index in [-0.39, 0.29) is 6.42 Å². The van der Waals surface area contributed by atoms with Crippen LogP contribution < -0.4 is 16.0 Å². The second-order valence-corrected chi connectivity index (χ2v) is 7.96. The molecule has 0 atom stereocenters. The van der Waals surface area contributed by atoms with Crippen LogP contribution in [0.5, 0.6) is 5.75 Å². The lowest BCUT2D eigenvalue weighted by Crippen LogP contribution is -2.23. The fourth-order valence-electron chi connectivity index (χ4n) is 3.06. The monoisotopic (exact) mass is 455 g/mol. The first-order valence-electron chi connectivity index (χ1n) is 9.31. The van der Waals surface area contributed by atoms with Crippen molar-refractivity contribution in [1.29, 1.82) is 0 Å². The van der Waals surface area contributed by atoms with E-state index in [0.717, 1.165) is 11.3 Å². The molecule has 0 radical (unpaired) electrons. The molecule has 2 aromatic carbocycles. The largest absolute Gasteiger partial charge is 0.497 e. The first-order valence-corrected chi connectivity index (χ1v) is 10.7. The zero-order chi connectivity index (χ0) is 21.8. The first-order chi connectivity index (χ1) is 15.0. The summed E-state index contributed by atoms with van der Waals surface area (Å²) in [5.74, 6) is 1.85. The number of ether oxygens (including phenoxy) is 1. The molecule has 0 aliphatic rings. The van der Waals surface area contributed by atoms with Crippen LogP contribution in [-0.2, 0) is 12.2 Å². The number of benzene rings is 2. The van der Waals surface area contributed by atoms with Crippen molar-refractivity contribution in [3.8, 4) is 11.4 Å². The van der Waals surface area contributed by atoms with Crippen molar-refractivity contribution in [2.24, 2.45) is 0 Å². The molecule has 0 fully saturated rings. The highest BCUT2D eigenvalue weighted by molar-refractivity contribution is 7.98. The molecule has 2 heterocycles. The lowest BCUT2D eigenvalue weighted by atomic mass is 10.2. The summed E-state index contributed by atoms with van der Waals surface area (Å²) in [6.07, 6.45) is 0.218. The van der Waals surface area contributed by atoms with Crippen LogP contribution in [-0.4, -0.2) is 31.8 Å². The molecule has 2 N–H and O–H groups in total. The van der Waals surface area contributed by atoms with E-state index in [1.807, 2.05) is 53.1 Å². The molecule has 0 amide bonds. The van der Waals surface area contributed by atoms with Gasteiger partial charge < -0.3 is 9.72 Å². The van der Waals surface area contributed by atoms with Crippen molar-refractivity contribution >= 4 is 23.4 Å². The van der Waals surface area contributed by atoms with Gasteiger partial charge in [-0.2, -0.15) is 0 Å². The number of methoxy groups -OCH3 is 1. The first kappa shape index (κ1) is 21.0. The second kappa shape index (κ2) is 9.23. The summed E-state index contributed by atoms with van der Waals surface area (Å²) in [7, 11) is 1.60. The van der Waals surface area contributed by atoms with Crippen molar-refractivity contribution in [1.82, 2.24) is 24.7 Å². The summed E-state index contributed by atoms with van der Waals surface area (Å²) in [6, 6.07) is 16.5. The highest BCUT2D eigenvalue weighted by Gasteiger charge is 2.17. The van der Waals surface area contributed by atoms with E-state index in [4.69, 9.17) is 16.3 Å². The maximum atomic E-state index is 11.7. The summed E-state index contributed by atoms with van der Waals surface area (Å²) in [4.78, 5) is 28.1. The maximum absolute atomic E-state index is 11.7. The van der Waals surface area contributed by atoms with Crippen LogP contribution in [0.3, 0.4) is 0 Å². The van der Waals surface area contributed by atoms with Crippen LogP contribution in [0.2, 0.25) is 5.02 Å². The number of aromatic nitrogens is 5. The molecule has 0 spiro atoms. The van der Waals surface area contributed by atoms with Gasteiger partial charge in [0.1, 0.15) is 11.6 Å². The van der Waals surface area contributed by atoms with Crippen LogP contribution in [0.15, 0.2) is 69.3 Å². The fourth-order valence-corrected chi connectivity index (χ4v) is 4.32. The van der Waals surface area contributed by atoms with Gasteiger partial charge in [0.05, 0.1) is 12.8 Å². The van der Waals surface area contributed by atoms with E-state index in [9.17, 15) is 9.59 Å². The van der Waals surface area contributed by atoms with E-state index in [0.29, 0.717) is 33.2 Å². The predicted molar refractivity (Wildman–Crippen MR) is 119 cm³/mol. The zero-order valence-electron chi connectivity index (χ0n) is 16.5. The van der Waals surface area contributed by atoms with Gasteiger partial charge in [0.25, 0.3) is 5.56 Å². The van der Waals surface area contributed by atoms with Gasteiger partial charge in [-0.25, -0.2) is 4.79 Å². The molecule has 0 saturated carbocycles. The summed E-state index contributed by atoms with van der Waals surface area (Å²) >= 11 is 7.77. The Morgan fingerprint density at radius 1 is 1.06 bits per heavy atom. The normalized spacial score (nSPS) is 10.9. The number of nitrogens with zero attached hydrogens (tertiary/aromatic N) is 3. The van der Waals surface area contributed by atoms with E-state index >= 15 is 0 Å². The standard InChI is InChI=1S/C21H18ClN5O3S/c1-30-16-7-4-6-15(11-16)27-18(9-14-10-19(28)24-20(29)23-14)25-26-21(27)31-12-13-5-2-3-8-17(13)22/h2-8,10-11H,9,12H2,1H3,(H2,23,24,28,29). The highest BCUT2D eigenvalue weighted by atomic mass is 35.5. The lowest BCUT2D eigenvalue weighted by Gasteiger charge is -2.12. The Morgan fingerprint density at radius 2 is 1.90 bits per heavy atom. The van der Waals surface area contributed by atoms with Gasteiger partial charge in [0, 0.05) is 35.0 Å². The number of thioether (sulfide) groups is 1. The molecule has 0 bridgehead atoms. The average Bonchev–Trinajstić information content (AvgIpc) is 3.14. The molecule has 158 valence electrons. The van der Waals surface area contributed by atoms with Crippen molar-refractivity contribution < 1.29 is 4.74 Å². The zero-order valence-corrected chi connectivity index (χ0v) is 18.0. The number of nitrogens with one attached hydrogen (secondary N) is 2. The molecule has 10 heteroatoms. The number of halogens is 1. The Kier molecular flexibility index (Phi) is 6.24. The molecule has 0 saturated heterocycles. The average molecular weight is 456 g/mol. The SMILES string of the molecule is COc1cccc(-n2c(Cc3cc(=O)[nH]c(=O)[nH]3)nnc2SCc2ccccc2Cl)c1. The predicted octanol–water partition coefficient (Wildman–Crippen LogP) is 3.19. The molecule has 4 rings (SSSR count). The molecule has 31 heavy (non-hydrogen) atoms. The molecule has 0 unspecified atom stereocenters. The second-order valence-electron chi connectivity index (χ2n) is 6.61. The maximum Gasteiger partial charge on any atom is 0.325 e. The minimum Gasteiger partial charge on any atom is -0.497 e. The van der Waals surface area contributed by atoms with Crippen LogP contribution in [0.1, 0.15) is 17.1 Å². The van der Waals surface area contributed by atoms with E-state index < -0.39 is 11.2 Å². The fraction of sp³-hybridized carbons (Fsp3) is 0.143. The summed E-state index contributed by atoms with van der Waals surface area (Å²) < 4.78 is 7.23. The molecule has 0 aliphatic heterocycles. The summed E-state index contributed by atoms with van der Waals surface area (Å²) in [5.41, 5.74) is 1.18. The number of hydrogen-bond acceptors (Lipinski definition) is 6. The molecular weight excluding hydrogens is 438 g/mol. The minimum atomic E-state index is -0.566. The van der Waals surface area contributed by atoms with Crippen LogP contribution in [0.25, 0.3) is 5.69 Å². The number of hydrogen-bond donors (Lipinski definition) is 2. The third-order valence-electron chi connectivity index (χ3n) is 4.49. The molecule has 0 aliphatic carbocycles. The Balaban J connectivity index is 1.73. The molecule has 4 aromatic rings. The lowest BCUT2D eigenvalue weighted by molar-refractivity contribution is 0.414. The Hall–Kier alpha value is -3.30. The van der Waals surface area contributed by atoms with Gasteiger partial charge in [-0.05, 0) is 23.8 Å². The molecule has 8 nitrogen and oxygen atoms in total. The van der Waals surface area contributed by atoms with Crippen molar-refractivity contribution in [3.63, 3.8) is 0 Å². The van der Waals surface area contributed by atoms with Crippen molar-refractivity contribution in [2.75, 3.05) is 7.11 Å². The summed E-state index contributed by atoms with van der Waals surface area (Å²) in [6.45, 7) is 0.